The highest BCUT2D eigenvalue weighted by Gasteiger charge is 2.22. The number of hydrogen-bond donors (Lipinski definition) is 2. The van der Waals surface area contributed by atoms with Crippen molar-refractivity contribution in [1.82, 2.24) is 5.32 Å². The maximum absolute atomic E-state index is 12.1. The van der Waals surface area contributed by atoms with Gasteiger partial charge in [-0.25, -0.2) is 0 Å². The second-order valence-corrected chi connectivity index (χ2v) is 5.97. The van der Waals surface area contributed by atoms with Gasteiger partial charge in [0, 0.05) is 17.7 Å². The van der Waals surface area contributed by atoms with Crippen molar-refractivity contribution in [1.29, 1.82) is 0 Å². The van der Waals surface area contributed by atoms with Gasteiger partial charge in [-0.1, -0.05) is 19.1 Å². The zero-order valence-electron chi connectivity index (χ0n) is 12.8. The molecule has 1 aliphatic rings. The lowest BCUT2D eigenvalue weighted by molar-refractivity contribution is -0.117. The number of nitrogens with one attached hydrogen (secondary N) is 2. The van der Waals surface area contributed by atoms with Crippen LogP contribution < -0.4 is 10.6 Å². The monoisotopic (exact) mass is 288 g/mol. The summed E-state index contributed by atoms with van der Waals surface area (Å²) in [5.74, 6) is 0.975. The molecule has 2 rings (SSSR count). The van der Waals surface area contributed by atoms with Crippen LogP contribution in [0.3, 0.4) is 0 Å². The Morgan fingerprint density at radius 1 is 1.43 bits per heavy atom. The number of hydrogen-bond acceptors (Lipinski definition) is 3. The second-order valence-electron chi connectivity index (χ2n) is 5.97. The normalized spacial score (nSPS) is 19.8. The average Bonchev–Trinajstić information content (AvgIpc) is 2.48. The molecule has 0 radical (unpaired) electrons. The molecule has 21 heavy (non-hydrogen) atoms. The van der Waals surface area contributed by atoms with Crippen molar-refractivity contribution < 1.29 is 9.59 Å². The van der Waals surface area contributed by atoms with Crippen molar-refractivity contribution in [3.63, 3.8) is 0 Å². The van der Waals surface area contributed by atoms with E-state index in [0.29, 0.717) is 29.5 Å². The van der Waals surface area contributed by atoms with E-state index in [-0.39, 0.29) is 11.7 Å². The van der Waals surface area contributed by atoms with Gasteiger partial charge in [0.15, 0.2) is 5.78 Å². The fourth-order valence-corrected chi connectivity index (χ4v) is 2.85. The Morgan fingerprint density at radius 2 is 2.24 bits per heavy atom. The second kappa shape index (κ2) is 7.36. The number of benzene rings is 1. The summed E-state index contributed by atoms with van der Waals surface area (Å²) in [6.07, 6.45) is 2.91. The third-order valence-electron chi connectivity index (χ3n) is 4.20. The van der Waals surface area contributed by atoms with Gasteiger partial charge in [0.1, 0.15) is 0 Å². The van der Waals surface area contributed by atoms with E-state index in [0.717, 1.165) is 13.1 Å². The number of anilines is 1. The lowest BCUT2D eigenvalue weighted by Crippen LogP contribution is -2.34. The van der Waals surface area contributed by atoms with Gasteiger partial charge in [-0.15, -0.1) is 0 Å². The molecule has 1 fully saturated rings. The van der Waals surface area contributed by atoms with Crippen LogP contribution in [0.4, 0.5) is 5.69 Å². The number of amides is 1. The van der Waals surface area contributed by atoms with E-state index in [1.165, 1.54) is 19.8 Å². The predicted octanol–water partition coefficient (Wildman–Crippen LogP) is 2.85. The summed E-state index contributed by atoms with van der Waals surface area (Å²) in [5.41, 5.74) is 1.32. The van der Waals surface area contributed by atoms with E-state index in [1.54, 1.807) is 18.2 Å². The molecule has 0 aliphatic carbocycles. The van der Waals surface area contributed by atoms with Crippen LogP contribution in [0.15, 0.2) is 24.3 Å². The van der Waals surface area contributed by atoms with Crippen LogP contribution in [0.25, 0.3) is 0 Å². The van der Waals surface area contributed by atoms with Crippen LogP contribution in [0.1, 0.15) is 43.5 Å². The predicted molar refractivity (Wildman–Crippen MR) is 84.5 cm³/mol. The lowest BCUT2D eigenvalue weighted by atomic mass is 9.85. The molecular formula is C17H24N2O2. The van der Waals surface area contributed by atoms with Gasteiger partial charge in [0.05, 0.1) is 0 Å². The molecule has 1 saturated heterocycles. The Balaban J connectivity index is 1.89. The first kappa shape index (κ1) is 15.7. The van der Waals surface area contributed by atoms with Gasteiger partial charge in [0.25, 0.3) is 0 Å². The highest BCUT2D eigenvalue weighted by atomic mass is 16.1. The van der Waals surface area contributed by atoms with Crippen LogP contribution in [0.2, 0.25) is 0 Å². The summed E-state index contributed by atoms with van der Waals surface area (Å²) in [6, 6.07) is 7.10. The largest absolute Gasteiger partial charge is 0.326 e. The summed E-state index contributed by atoms with van der Waals surface area (Å²) in [6.45, 7) is 5.77. The summed E-state index contributed by atoms with van der Waals surface area (Å²) in [7, 11) is 0. The zero-order chi connectivity index (χ0) is 15.2. The maximum Gasteiger partial charge on any atom is 0.224 e. The molecule has 1 amide bonds. The van der Waals surface area contributed by atoms with Gasteiger partial charge in [-0.3, -0.25) is 9.59 Å². The Bertz CT molecular complexity index is 507. The molecular weight excluding hydrogens is 264 g/mol. The van der Waals surface area contributed by atoms with Crippen molar-refractivity contribution in [2.75, 3.05) is 18.4 Å². The molecule has 1 heterocycles. The lowest BCUT2D eigenvalue weighted by Gasteiger charge is -2.28. The minimum Gasteiger partial charge on any atom is -0.326 e. The number of carbonyl (C=O) groups is 2. The Hall–Kier alpha value is -1.68. The van der Waals surface area contributed by atoms with Gasteiger partial charge in [-0.05, 0) is 56.8 Å². The highest BCUT2D eigenvalue weighted by molar-refractivity contribution is 5.97. The first-order chi connectivity index (χ1) is 10.1. The highest BCUT2D eigenvalue weighted by Crippen LogP contribution is 2.23. The number of piperidine rings is 1. The van der Waals surface area contributed by atoms with Crippen molar-refractivity contribution in [2.24, 2.45) is 11.8 Å². The summed E-state index contributed by atoms with van der Waals surface area (Å²) < 4.78 is 0. The first-order valence-corrected chi connectivity index (χ1v) is 7.68. The molecule has 0 aromatic heterocycles. The third-order valence-corrected chi connectivity index (χ3v) is 4.20. The zero-order valence-corrected chi connectivity index (χ0v) is 12.8. The van der Waals surface area contributed by atoms with Crippen LogP contribution in [-0.2, 0) is 4.79 Å². The van der Waals surface area contributed by atoms with Crippen molar-refractivity contribution in [2.45, 2.75) is 33.1 Å². The first-order valence-electron chi connectivity index (χ1n) is 7.68. The van der Waals surface area contributed by atoms with E-state index >= 15 is 0 Å². The van der Waals surface area contributed by atoms with Crippen LogP contribution in [0, 0.1) is 11.8 Å². The molecule has 2 N–H and O–H groups in total. The summed E-state index contributed by atoms with van der Waals surface area (Å²) in [4.78, 5) is 23.5. The Kier molecular flexibility index (Phi) is 5.51. The average molecular weight is 288 g/mol. The maximum atomic E-state index is 12.1. The molecule has 0 saturated carbocycles. The van der Waals surface area contributed by atoms with Gasteiger partial charge < -0.3 is 10.6 Å². The number of carbonyl (C=O) groups excluding carboxylic acids is 2. The van der Waals surface area contributed by atoms with Gasteiger partial charge >= 0.3 is 0 Å². The number of rotatable bonds is 5. The Morgan fingerprint density at radius 3 is 2.90 bits per heavy atom. The fourth-order valence-electron chi connectivity index (χ4n) is 2.85. The SMILES string of the molecule is CC(=O)c1cccc(NC(=O)CC(C)C2CCCNC2)c1. The molecule has 4 nitrogen and oxygen atoms in total. The minimum absolute atomic E-state index is 0.00717. The van der Waals surface area contributed by atoms with Crippen LogP contribution >= 0.6 is 0 Å². The number of ketones is 1. The Labute approximate surface area is 126 Å². The van der Waals surface area contributed by atoms with E-state index in [4.69, 9.17) is 0 Å². The molecule has 0 bridgehead atoms. The molecule has 4 heteroatoms. The summed E-state index contributed by atoms with van der Waals surface area (Å²) >= 11 is 0. The topological polar surface area (TPSA) is 58.2 Å². The number of Topliss-reactive ketones (excluding diaryl/α,β-unsaturated/α-hetero) is 1. The van der Waals surface area contributed by atoms with E-state index < -0.39 is 0 Å². The van der Waals surface area contributed by atoms with E-state index in [9.17, 15) is 9.59 Å². The summed E-state index contributed by atoms with van der Waals surface area (Å²) in [5, 5.41) is 6.29. The molecule has 1 aliphatic heterocycles. The van der Waals surface area contributed by atoms with Crippen LogP contribution in [-0.4, -0.2) is 24.8 Å². The minimum atomic E-state index is 0.00717. The molecule has 2 atom stereocenters. The molecule has 0 spiro atoms. The standard InChI is InChI=1S/C17H24N2O2/c1-12(15-6-4-8-18-11-15)9-17(21)19-16-7-3-5-14(10-16)13(2)20/h3,5,7,10,12,15,18H,4,6,8-9,11H2,1-2H3,(H,19,21). The molecule has 2 unspecified atom stereocenters. The van der Waals surface area contributed by atoms with Crippen molar-refractivity contribution in [3.05, 3.63) is 29.8 Å². The van der Waals surface area contributed by atoms with E-state index in [2.05, 4.69) is 17.6 Å². The van der Waals surface area contributed by atoms with Crippen molar-refractivity contribution >= 4 is 17.4 Å². The van der Waals surface area contributed by atoms with Gasteiger partial charge in [0.2, 0.25) is 5.91 Å². The molecule has 114 valence electrons. The van der Waals surface area contributed by atoms with Crippen molar-refractivity contribution in [3.8, 4) is 0 Å². The van der Waals surface area contributed by atoms with Gasteiger partial charge in [-0.2, -0.15) is 0 Å². The third kappa shape index (κ3) is 4.67. The van der Waals surface area contributed by atoms with Crippen LogP contribution in [0.5, 0.6) is 0 Å². The van der Waals surface area contributed by atoms with E-state index in [1.807, 2.05) is 6.07 Å². The molecule has 1 aromatic carbocycles. The fraction of sp³-hybridized carbons (Fsp3) is 0.529. The quantitative estimate of drug-likeness (QED) is 0.819. The molecule has 1 aromatic rings. The smallest absolute Gasteiger partial charge is 0.224 e.